The lowest BCUT2D eigenvalue weighted by Crippen LogP contribution is -2.32. The molecule has 0 saturated heterocycles. The fraction of sp³-hybridized carbons (Fsp3) is 0.0968. The Hall–Kier alpha value is -4.29. The van der Waals surface area contributed by atoms with Crippen molar-refractivity contribution in [3.63, 3.8) is 0 Å². The van der Waals surface area contributed by atoms with Crippen LogP contribution in [0.3, 0.4) is 0 Å². The monoisotopic (exact) mass is 507 g/mol. The number of aromatic nitrogens is 1. The van der Waals surface area contributed by atoms with Crippen LogP contribution in [0, 0.1) is 0 Å². The molecule has 184 valence electrons. The van der Waals surface area contributed by atoms with E-state index in [1.807, 2.05) is 103 Å². The first kappa shape index (κ1) is 24.4. The number of carbonyl (C=O) groups is 2. The van der Waals surface area contributed by atoms with Crippen molar-refractivity contribution in [3.05, 3.63) is 144 Å². The van der Waals surface area contributed by atoms with Gasteiger partial charge in [0.05, 0.1) is 10.3 Å². The van der Waals surface area contributed by atoms with E-state index in [-0.39, 0.29) is 6.42 Å². The number of carboxylic acid groups (broad SMARTS) is 2. The fourth-order valence-electron chi connectivity index (χ4n) is 4.89. The molecule has 1 atom stereocenters. The molecule has 5 nitrogen and oxygen atoms in total. The zero-order valence-electron chi connectivity index (χ0n) is 19.9. The van der Waals surface area contributed by atoms with E-state index >= 15 is 0 Å². The second-order valence-corrected chi connectivity index (χ2v) is 10.2. The van der Waals surface area contributed by atoms with Crippen molar-refractivity contribution in [1.82, 2.24) is 4.57 Å². The van der Waals surface area contributed by atoms with Crippen LogP contribution >= 0.6 is 11.8 Å². The molecular weight excluding hydrogens is 482 g/mol. The maximum Gasteiger partial charge on any atom is 0.416 e. The number of para-hydroxylation sites is 1. The van der Waals surface area contributed by atoms with E-state index in [1.54, 1.807) is 18.3 Å². The molecule has 5 aromatic rings. The Morgan fingerprint density at radius 2 is 1.16 bits per heavy atom. The summed E-state index contributed by atoms with van der Waals surface area (Å²) in [4.78, 5) is 24.7. The van der Waals surface area contributed by atoms with Crippen molar-refractivity contribution in [2.24, 2.45) is 0 Å². The van der Waals surface area contributed by atoms with Crippen molar-refractivity contribution in [2.75, 3.05) is 0 Å². The number of aliphatic carboxylic acids is 1. The zero-order valence-corrected chi connectivity index (χ0v) is 20.7. The summed E-state index contributed by atoms with van der Waals surface area (Å²) in [6, 6.07) is 37.0. The second kappa shape index (κ2) is 10.4. The van der Waals surface area contributed by atoms with Gasteiger partial charge in [-0.05, 0) is 34.7 Å². The predicted molar refractivity (Wildman–Crippen MR) is 147 cm³/mol. The van der Waals surface area contributed by atoms with Gasteiger partial charge in [0.15, 0.2) is 0 Å². The highest BCUT2D eigenvalue weighted by Gasteiger charge is 2.41. The second-order valence-electron chi connectivity index (χ2n) is 8.75. The van der Waals surface area contributed by atoms with Gasteiger partial charge in [0.1, 0.15) is 5.25 Å². The highest BCUT2D eigenvalue weighted by molar-refractivity contribution is 8.01. The number of carboxylic acids is 1. The van der Waals surface area contributed by atoms with Crippen LogP contribution in [0.1, 0.15) is 22.3 Å². The van der Waals surface area contributed by atoms with E-state index in [0.29, 0.717) is 11.1 Å². The third-order valence-corrected chi connectivity index (χ3v) is 8.25. The molecule has 0 saturated carbocycles. The van der Waals surface area contributed by atoms with E-state index in [4.69, 9.17) is 0 Å². The van der Waals surface area contributed by atoms with Crippen molar-refractivity contribution >= 4 is 34.7 Å². The Morgan fingerprint density at radius 1 is 0.703 bits per heavy atom. The molecule has 0 bridgehead atoms. The maximum absolute atomic E-state index is 12.8. The number of rotatable bonds is 8. The Labute approximate surface area is 219 Å². The summed E-state index contributed by atoms with van der Waals surface area (Å²) >= 11 is 1.37. The molecule has 1 heterocycles. The average molecular weight is 508 g/mol. The smallest absolute Gasteiger partial charge is 0.416 e. The first-order chi connectivity index (χ1) is 18.0. The van der Waals surface area contributed by atoms with E-state index in [2.05, 4.69) is 0 Å². The zero-order chi connectivity index (χ0) is 25.8. The molecule has 1 unspecified atom stereocenters. The molecular formula is C31H25NO4S. The van der Waals surface area contributed by atoms with Crippen molar-refractivity contribution < 1.29 is 19.8 Å². The number of hydrogen-bond donors (Lipinski definition) is 2. The summed E-state index contributed by atoms with van der Waals surface area (Å²) in [5.74, 6) is -0.954. The molecule has 2 N–H and O–H groups in total. The van der Waals surface area contributed by atoms with Gasteiger partial charge in [-0.3, -0.25) is 9.36 Å². The summed E-state index contributed by atoms with van der Waals surface area (Å²) in [5, 5.41) is 20.1. The normalized spacial score (nSPS) is 12.3. The van der Waals surface area contributed by atoms with Crippen LogP contribution in [-0.4, -0.2) is 32.1 Å². The van der Waals surface area contributed by atoms with Crippen LogP contribution in [-0.2, 0) is 16.0 Å². The third kappa shape index (κ3) is 4.63. The predicted octanol–water partition coefficient (Wildman–Crippen LogP) is 6.89. The highest BCUT2D eigenvalue weighted by Crippen LogP contribution is 2.50. The minimum atomic E-state index is -1.10. The van der Waals surface area contributed by atoms with Gasteiger partial charge < -0.3 is 10.2 Å². The summed E-state index contributed by atoms with van der Waals surface area (Å²) in [5.41, 5.74) is 4.13. The molecule has 0 aliphatic rings. The lowest BCUT2D eigenvalue weighted by Gasteiger charge is -2.37. The van der Waals surface area contributed by atoms with Gasteiger partial charge in [0.25, 0.3) is 0 Å². The lowest BCUT2D eigenvalue weighted by molar-refractivity contribution is -0.136. The molecule has 0 aliphatic carbocycles. The first-order valence-electron chi connectivity index (χ1n) is 11.9. The van der Waals surface area contributed by atoms with Gasteiger partial charge in [-0.15, -0.1) is 11.8 Å². The van der Waals surface area contributed by atoms with Crippen molar-refractivity contribution in [3.8, 4) is 0 Å². The first-order valence-corrected chi connectivity index (χ1v) is 12.8. The quantitative estimate of drug-likeness (QED) is 0.224. The molecule has 0 fully saturated rings. The number of fused-ring (bicyclic) bond motifs is 1. The lowest BCUT2D eigenvalue weighted by atomic mass is 9.84. The molecule has 37 heavy (non-hydrogen) atoms. The topological polar surface area (TPSA) is 79.5 Å². The van der Waals surface area contributed by atoms with E-state index in [1.165, 1.54) is 11.8 Å². The number of thioether (sulfide) groups is 1. The van der Waals surface area contributed by atoms with Crippen molar-refractivity contribution in [2.45, 2.75) is 16.4 Å². The molecule has 0 aliphatic heterocycles. The van der Waals surface area contributed by atoms with Crippen LogP contribution < -0.4 is 0 Å². The maximum atomic E-state index is 12.8. The minimum absolute atomic E-state index is 0.162. The molecule has 0 amide bonds. The van der Waals surface area contributed by atoms with Crippen molar-refractivity contribution in [1.29, 1.82) is 0 Å². The van der Waals surface area contributed by atoms with Crippen LogP contribution in [0.15, 0.2) is 121 Å². The van der Waals surface area contributed by atoms with Crippen LogP contribution in [0.25, 0.3) is 10.9 Å². The molecule has 6 heteroatoms. The van der Waals surface area contributed by atoms with Gasteiger partial charge in [0, 0.05) is 11.6 Å². The minimum Gasteiger partial charge on any atom is -0.480 e. The largest absolute Gasteiger partial charge is 0.480 e. The van der Waals surface area contributed by atoms with Crippen LogP contribution in [0.5, 0.6) is 0 Å². The Bertz CT molecular complexity index is 1430. The van der Waals surface area contributed by atoms with Crippen LogP contribution in [0.4, 0.5) is 4.79 Å². The third-order valence-electron chi connectivity index (χ3n) is 6.54. The summed E-state index contributed by atoms with van der Waals surface area (Å²) in [6.45, 7) is 0. The van der Waals surface area contributed by atoms with E-state index < -0.39 is 22.1 Å². The molecule has 0 spiro atoms. The highest BCUT2D eigenvalue weighted by atomic mass is 32.2. The average Bonchev–Trinajstić information content (AvgIpc) is 3.31. The van der Waals surface area contributed by atoms with Gasteiger partial charge in [-0.25, -0.2) is 4.79 Å². The number of nitrogens with zero attached hydrogens (tertiary/aromatic N) is 1. The van der Waals surface area contributed by atoms with E-state index in [9.17, 15) is 19.8 Å². The Kier molecular flexibility index (Phi) is 6.84. The summed E-state index contributed by atoms with van der Waals surface area (Å²) < 4.78 is 0.352. The fourth-order valence-corrected chi connectivity index (χ4v) is 6.49. The molecule has 4 aromatic carbocycles. The van der Waals surface area contributed by atoms with Gasteiger partial charge in [0.2, 0.25) is 0 Å². The van der Waals surface area contributed by atoms with Crippen LogP contribution in [0.2, 0.25) is 0 Å². The van der Waals surface area contributed by atoms with Gasteiger partial charge in [-0.1, -0.05) is 109 Å². The van der Waals surface area contributed by atoms with E-state index in [0.717, 1.165) is 26.6 Å². The number of hydrogen-bond acceptors (Lipinski definition) is 3. The standard InChI is InChI=1S/C31H25NO4S/c33-29(34)28(20-22-21-32(30(35)36)27-19-11-10-18-26(22)27)37-31(23-12-4-1-5-13-23,24-14-6-2-7-15-24)25-16-8-3-9-17-25/h1-19,21,28H,20H2,(H,33,34)(H,35,36). The Morgan fingerprint density at radius 3 is 1.62 bits per heavy atom. The summed E-state index contributed by atoms with van der Waals surface area (Å²) in [6.07, 6.45) is 0.600. The molecule has 0 radical (unpaired) electrons. The van der Waals surface area contributed by atoms with Gasteiger partial charge in [-0.2, -0.15) is 0 Å². The Balaban J connectivity index is 1.68. The van der Waals surface area contributed by atoms with Gasteiger partial charge >= 0.3 is 12.1 Å². The molecule has 5 rings (SSSR count). The number of benzene rings is 4. The SMILES string of the molecule is O=C(O)C(Cc1cn(C(=O)O)c2ccccc12)SC(c1ccccc1)(c1ccccc1)c1ccccc1. The summed E-state index contributed by atoms with van der Waals surface area (Å²) in [7, 11) is 0. The molecule has 1 aromatic heterocycles.